The third-order valence-corrected chi connectivity index (χ3v) is 9.12. The number of unbranched alkanes of at least 4 members (excludes halogenated alkanes) is 1. The molecule has 2 aromatic rings. The molecule has 40 heavy (non-hydrogen) atoms. The number of rotatable bonds is 14. The summed E-state index contributed by atoms with van der Waals surface area (Å²) in [6.07, 6.45) is 21.3. The maximum Gasteiger partial charge on any atom is 0.0572 e. The summed E-state index contributed by atoms with van der Waals surface area (Å²) in [5.74, 6) is 1.32. The van der Waals surface area contributed by atoms with Gasteiger partial charge in [0.15, 0.2) is 0 Å². The molecule has 4 rings (SSSR count). The van der Waals surface area contributed by atoms with Crippen molar-refractivity contribution in [2.75, 3.05) is 19.6 Å². The van der Waals surface area contributed by atoms with Gasteiger partial charge in [0.05, 0.1) is 12.2 Å². The van der Waals surface area contributed by atoms with Crippen LogP contribution in [0.5, 0.6) is 0 Å². The van der Waals surface area contributed by atoms with Gasteiger partial charge in [0.2, 0.25) is 0 Å². The number of halogens is 1. The molecule has 2 aromatic carbocycles. The lowest BCUT2D eigenvalue weighted by Gasteiger charge is -2.37. The summed E-state index contributed by atoms with van der Waals surface area (Å²) in [6, 6.07) is 20.5. The van der Waals surface area contributed by atoms with Gasteiger partial charge < -0.3 is 9.91 Å². The van der Waals surface area contributed by atoms with E-state index in [1.165, 1.54) is 61.9 Å². The molecule has 0 saturated heterocycles. The Hall–Kier alpha value is -2.33. The zero-order valence-electron chi connectivity index (χ0n) is 24.9. The molecule has 2 atom stereocenters. The minimum atomic E-state index is 0.346. The molecule has 2 unspecified atom stereocenters. The van der Waals surface area contributed by atoms with E-state index in [2.05, 4.69) is 109 Å². The van der Waals surface area contributed by atoms with Crippen LogP contribution in [0.2, 0.25) is 5.02 Å². The Balaban J connectivity index is 1.28. The number of allylic oxidation sites excluding steroid dienone is 3. The first-order valence-corrected chi connectivity index (χ1v) is 16.0. The van der Waals surface area contributed by atoms with Crippen LogP contribution in [0.15, 0.2) is 85.0 Å². The predicted molar refractivity (Wildman–Crippen MR) is 173 cm³/mol. The topological polar surface area (TPSA) is 18.5 Å². The molecule has 1 aliphatic heterocycles. The largest absolute Gasteiger partial charge is 0.304 e. The summed E-state index contributed by atoms with van der Waals surface area (Å²) in [7, 11) is 0. The fourth-order valence-corrected chi connectivity index (χ4v) is 6.54. The lowest BCUT2D eigenvalue weighted by atomic mass is 9.81. The van der Waals surface area contributed by atoms with Crippen LogP contribution in [0.4, 0.5) is 0 Å². The molecule has 1 heterocycles. The Morgan fingerprint density at radius 2 is 1.70 bits per heavy atom. The molecule has 1 N–H and O–H groups in total. The SMILES string of the molecule is C/C=C\CC/C=C\CN1NC(C(C)CCCN(CC)C2CCC(c3ccccc3)CC2)C=C1c1ccc(Cl)cc1. The summed E-state index contributed by atoms with van der Waals surface area (Å²) < 4.78 is 0. The maximum atomic E-state index is 6.19. The fraction of sp³-hybridized carbons (Fsp3) is 0.500. The molecule has 0 radical (unpaired) electrons. The second-order valence-corrected chi connectivity index (χ2v) is 12.0. The lowest BCUT2D eigenvalue weighted by Crippen LogP contribution is -2.41. The predicted octanol–water partition coefficient (Wildman–Crippen LogP) is 9.25. The molecule has 216 valence electrons. The highest BCUT2D eigenvalue weighted by molar-refractivity contribution is 6.30. The van der Waals surface area contributed by atoms with Crippen LogP contribution < -0.4 is 5.43 Å². The van der Waals surface area contributed by atoms with E-state index < -0.39 is 0 Å². The summed E-state index contributed by atoms with van der Waals surface area (Å²) in [5, 5.41) is 3.10. The van der Waals surface area contributed by atoms with Crippen molar-refractivity contribution < 1.29 is 0 Å². The van der Waals surface area contributed by atoms with Crippen LogP contribution in [0.25, 0.3) is 5.70 Å². The molecule has 1 saturated carbocycles. The van der Waals surface area contributed by atoms with Gasteiger partial charge in [0.1, 0.15) is 0 Å². The van der Waals surface area contributed by atoms with Crippen LogP contribution in [0.1, 0.15) is 89.2 Å². The molecule has 1 aliphatic carbocycles. The van der Waals surface area contributed by atoms with E-state index in [4.69, 9.17) is 11.6 Å². The highest BCUT2D eigenvalue weighted by atomic mass is 35.5. The minimum absolute atomic E-state index is 0.346. The lowest BCUT2D eigenvalue weighted by molar-refractivity contribution is 0.150. The van der Waals surface area contributed by atoms with Crippen molar-refractivity contribution in [3.8, 4) is 0 Å². The Labute approximate surface area is 249 Å². The van der Waals surface area contributed by atoms with Crippen molar-refractivity contribution in [1.82, 2.24) is 15.3 Å². The molecular formula is C36H50ClN3. The Morgan fingerprint density at radius 3 is 2.40 bits per heavy atom. The average Bonchev–Trinajstić information content (AvgIpc) is 3.42. The van der Waals surface area contributed by atoms with E-state index in [1.807, 2.05) is 12.1 Å². The molecule has 0 amide bonds. The monoisotopic (exact) mass is 559 g/mol. The zero-order valence-corrected chi connectivity index (χ0v) is 25.7. The van der Waals surface area contributed by atoms with Crippen LogP contribution in [0.3, 0.4) is 0 Å². The van der Waals surface area contributed by atoms with E-state index in [-0.39, 0.29) is 0 Å². The Morgan fingerprint density at radius 1 is 0.975 bits per heavy atom. The first-order valence-electron chi connectivity index (χ1n) is 15.7. The number of hydrazine groups is 1. The molecule has 2 aliphatic rings. The van der Waals surface area contributed by atoms with E-state index >= 15 is 0 Å². The van der Waals surface area contributed by atoms with Crippen LogP contribution in [-0.2, 0) is 0 Å². The summed E-state index contributed by atoms with van der Waals surface area (Å²) in [5.41, 5.74) is 7.83. The smallest absolute Gasteiger partial charge is 0.0572 e. The van der Waals surface area contributed by atoms with Crippen molar-refractivity contribution in [3.63, 3.8) is 0 Å². The first-order chi connectivity index (χ1) is 19.6. The van der Waals surface area contributed by atoms with Crippen LogP contribution in [0, 0.1) is 5.92 Å². The van der Waals surface area contributed by atoms with Crippen molar-refractivity contribution in [2.45, 2.75) is 90.1 Å². The molecule has 0 spiro atoms. The standard InChI is InChI=1S/C36H50ClN3/c1-4-6-7-8-9-13-27-40-36(32-18-22-33(37)23-19-32)28-35(38-40)29(3)15-14-26-39(5-2)34-24-20-31(21-25-34)30-16-11-10-12-17-30/h4,6,9-13,16-19,22-23,28-29,31,34-35,38H,5,7-8,14-15,20-21,24-27H2,1-3H3/b6-4-,13-9-. The first kappa shape index (κ1) is 30.6. The van der Waals surface area contributed by atoms with E-state index in [0.717, 1.165) is 42.9 Å². The quantitative estimate of drug-likeness (QED) is 0.184. The molecular weight excluding hydrogens is 510 g/mol. The Bertz CT molecular complexity index is 1080. The van der Waals surface area contributed by atoms with Gasteiger partial charge in [-0.2, -0.15) is 0 Å². The third-order valence-electron chi connectivity index (χ3n) is 8.87. The fourth-order valence-electron chi connectivity index (χ4n) is 6.41. The summed E-state index contributed by atoms with van der Waals surface area (Å²) >= 11 is 6.19. The van der Waals surface area contributed by atoms with Gasteiger partial charge in [-0.1, -0.05) is 92.2 Å². The van der Waals surface area contributed by atoms with E-state index in [9.17, 15) is 0 Å². The summed E-state index contributed by atoms with van der Waals surface area (Å²) in [4.78, 5) is 2.76. The van der Waals surface area contributed by atoms with Gasteiger partial charge >= 0.3 is 0 Å². The number of nitrogens with zero attached hydrogens (tertiary/aromatic N) is 2. The highest BCUT2D eigenvalue weighted by Gasteiger charge is 2.28. The maximum absolute atomic E-state index is 6.19. The van der Waals surface area contributed by atoms with Crippen molar-refractivity contribution in [1.29, 1.82) is 0 Å². The number of hydrogen-bond acceptors (Lipinski definition) is 3. The van der Waals surface area contributed by atoms with Gasteiger partial charge in [-0.3, -0.25) is 0 Å². The number of benzene rings is 2. The number of hydrogen-bond donors (Lipinski definition) is 1. The minimum Gasteiger partial charge on any atom is -0.304 e. The normalized spacial score (nSPS) is 22.5. The van der Waals surface area contributed by atoms with Gasteiger partial charge in [-0.25, -0.2) is 5.43 Å². The summed E-state index contributed by atoms with van der Waals surface area (Å²) in [6.45, 7) is 10.1. The zero-order chi connectivity index (χ0) is 28.2. The van der Waals surface area contributed by atoms with Gasteiger partial charge in [-0.15, -0.1) is 0 Å². The van der Waals surface area contributed by atoms with Crippen LogP contribution in [-0.4, -0.2) is 41.6 Å². The Kier molecular flexibility index (Phi) is 12.4. The highest BCUT2D eigenvalue weighted by Crippen LogP contribution is 2.35. The van der Waals surface area contributed by atoms with Crippen LogP contribution >= 0.6 is 11.6 Å². The molecule has 4 heteroatoms. The van der Waals surface area contributed by atoms with E-state index in [1.54, 1.807) is 0 Å². The van der Waals surface area contributed by atoms with E-state index in [0.29, 0.717) is 12.0 Å². The molecule has 0 bridgehead atoms. The average molecular weight is 560 g/mol. The van der Waals surface area contributed by atoms with Gasteiger partial charge in [-0.05, 0) is 113 Å². The van der Waals surface area contributed by atoms with Gasteiger partial charge in [0.25, 0.3) is 0 Å². The third kappa shape index (κ3) is 8.83. The van der Waals surface area contributed by atoms with Gasteiger partial charge in [0, 0.05) is 17.1 Å². The second-order valence-electron chi connectivity index (χ2n) is 11.6. The number of nitrogens with one attached hydrogen (secondary N) is 1. The van der Waals surface area contributed by atoms with Crippen molar-refractivity contribution in [2.24, 2.45) is 5.92 Å². The molecule has 3 nitrogen and oxygen atoms in total. The molecule has 0 aromatic heterocycles. The van der Waals surface area contributed by atoms with Crippen molar-refractivity contribution in [3.05, 3.63) is 101 Å². The molecule has 1 fully saturated rings. The van der Waals surface area contributed by atoms with Crippen molar-refractivity contribution >= 4 is 17.3 Å². The second kappa shape index (κ2) is 16.2.